The predicted octanol–water partition coefficient (Wildman–Crippen LogP) is -2.59. The molecule has 0 unspecified atom stereocenters. The van der Waals surface area contributed by atoms with Gasteiger partial charge < -0.3 is 14.6 Å². The minimum absolute atomic E-state index is 0. The van der Waals surface area contributed by atoms with Gasteiger partial charge in [0, 0.05) is 18.0 Å². The number of carboxylic acids is 1. The molecule has 0 aliphatic rings. The summed E-state index contributed by atoms with van der Waals surface area (Å²) in [7, 11) is 1.53. The molecule has 1 rings (SSSR count). The Morgan fingerprint density at radius 1 is 1.19 bits per heavy atom. The van der Waals surface area contributed by atoms with Crippen LogP contribution in [0.5, 0.6) is 5.75 Å². The first-order chi connectivity index (χ1) is 7.13. The molecule has 0 radical (unpaired) electrons. The van der Waals surface area contributed by atoms with Gasteiger partial charge >= 0.3 is 29.6 Å². The van der Waals surface area contributed by atoms with Crippen molar-refractivity contribution in [1.82, 2.24) is 0 Å². The molecule has 0 aliphatic heterocycles. The Morgan fingerprint density at radius 2 is 1.75 bits per heavy atom. The van der Waals surface area contributed by atoms with E-state index in [2.05, 4.69) is 0 Å². The van der Waals surface area contributed by atoms with Gasteiger partial charge in [-0.1, -0.05) is 0 Å². The summed E-state index contributed by atoms with van der Waals surface area (Å²) < 4.78 is 4.93. The molecule has 0 atom stereocenters. The minimum atomic E-state index is -1.21. The van der Waals surface area contributed by atoms with Gasteiger partial charge in [0.2, 0.25) is 0 Å². The summed E-state index contributed by atoms with van der Waals surface area (Å²) in [5, 5.41) is 10.2. The summed E-state index contributed by atoms with van der Waals surface area (Å²) in [6, 6.07) is 6.53. The number of hydrogen-bond acceptors (Lipinski definition) is 4. The summed E-state index contributed by atoms with van der Waals surface area (Å²) in [6.45, 7) is 0. The van der Waals surface area contributed by atoms with E-state index >= 15 is 0 Å². The first-order valence-electron chi connectivity index (χ1n) is 4.50. The third-order valence-electron chi connectivity index (χ3n) is 1.97. The molecule has 16 heavy (non-hydrogen) atoms. The molecule has 1 aromatic rings. The maximum atomic E-state index is 11.4. The van der Waals surface area contributed by atoms with Crippen molar-refractivity contribution in [3.8, 4) is 5.75 Å². The average Bonchev–Trinajstić information content (AvgIpc) is 2.26. The quantitative estimate of drug-likeness (QED) is 0.411. The van der Waals surface area contributed by atoms with Crippen molar-refractivity contribution >= 4 is 11.8 Å². The molecule has 0 amide bonds. The number of carboxylic acid groups (broad SMARTS) is 1. The number of ether oxygens (including phenoxy) is 1. The van der Waals surface area contributed by atoms with Gasteiger partial charge in [0.15, 0.2) is 5.78 Å². The van der Waals surface area contributed by atoms with Crippen LogP contribution in [0.15, 0.2) is 24.3 Å². The Kier molecular flexibility index (Phi) is 7.05. The molecular formula is C11H11NaO4. The number of carbonyl (C=O) groups excluding carboxylic acids is 2. The Bertz CT molecular complexity index is 359. The van der Waals surface area contributed by atoms with E-state index in [0.29, 0.717) is 11.3 Å². The van der Waals surface area contributed by atoms with Gasteiger partial charge in [-0.25, -0.2) is 0 Å². The van der Waals surface area contributed by atoms with E-state index in [-0.39, 0.29) is 48.2 Å². The van der Waals surface area contributed by atoms with E-state index in [9.17, 15) is 14.7 Å². The van der Waals surface area contributed by atoms with Gasteiger partial charge in [-0.05, 0) is 30.7 Å². The summed E-state index contributed by atoms with van der Waals surface area (Å²) in [5.74, 6) is -0.759. The molecule has 0 aliphatic carbocycles. The maximum Gasteiger partial charge on any atom is 1.00 e. The van der Waals surface area contributed by atoms with Crippen molar-refractivity contribution in [2.75, 3.05) is 7.11 Å². The van der Waals surface area contributed by atoms with Crippen LogP contribution in [0.1, 0.15) is 23.2 Å². The minimum Gasteiger partial charge on any atom is -0.550 e. The summed E-state index contributed by atoms with van der Waals surface area (Å²) >= 11 is 0. The number of hydrogen-bond donors (Lipinski definition) is 0. The fraction of sp³-hybridized carbons (Fsp3) is 0.273. The van der Waals surface area contributed by atoms with Crippen LogP contribution in [0, 0.1) is 0 Å². The number of methoxy groups -OCH3 is 1. The van der Waals surface area contributed by atoms with Crippen LogP contribution < -0.4 is 39.4 Å². The Labute approximate surface area is 116 Å². The van der Waals surface area contributed by atoms with E-state index in [4.69, 9.17) is 4.74 Å². The molecular weight excluding hydrogens is 219 g/mol. The van der Waals surface area contributed by atoms with E-state index in [1.165, 1.54) is 7.11 Å². The number of aliphatic carboxylic acids is 1. The zero-order chi connectivity index (χ0) is 11.3. The first kappa shape index (κ1) is 15.2. The van der Waals surface area contributed by atoms with Gasteiger partial charge in [0.25, 0.3) is 0 Å². The SMILES string of the molecule is COc1ccc(C(=O)CCC(=O)[O-])cc1.[Na+]. The molecule has 0 spiro atoms. The maximum absolute atomic E-state index is 11.4. The van der Waals surface area contributed by atoms with Gasteiger partial charge in [0.05, 0.1) is 7.11 Å². The molecule has 0 saturated carbocycles. The molecule has 0 N–H and O–H groups in total. The van der Waals surface area contributed by atoms with Crippen molar-refractivity contribution in [2.24, 2.45) is 0 Å². The smallest absolute Gasteiger partial charge is 0.550 e. The molecule has 5 heteroatoms. The van der Waals surface area contributed by atoms with E-state index in [1.807, 2.05) is 0 Å². The van der Waals surface area contributed by atoms with Crippen LogP contribution in [0.2, 0.25) is 0 Å². The van der Waals surface area contributed by atoms with Gasteiger partial charge in [-0.15, -0.1) is 0 Å². The second-order valence-corrected chi connectivity index (χ2v) is 3.02. The molecule has 0 bridgehead atoms. The number of Topliss-reactive ketones (excluding diaryl/α,β-unsaturated/α-hetero) is 1. The van der Waals surface area contributed by atoms with E-state index in [0.717, 1.165) is 0 Å². The van der Waals surface area contributed by atoms with Crippen LogP contribution >= 0.6 is 0 Å². The molecule has 0 fully saturated rings. The Morgan fingerprint density at radius 3 is 2.19 bits per heavy atom. The van der Waals surface area contributed by atoms with Crippen LogP contribution in [-0.4, -0.2) is 18.9 Å². The monoisotopic (exact) mass is 230 g/mol. The van der Waals surface area contributed by atoms with Crippen LogP contribution in [0.3, 0.4) is 0 Å². The van der Waals surface area contributed by atoms with Crippen LogP contribution in [0.4, 0.5) is 0 Å². The zero-order valence-corrected chi connectivity index (χ0v) is 11.4. The Balaban J connectivity index is 0.00000225. The zero-order valence-electron chi connectivity index (χ0n) is 9.36. The Hall–Kier alpha value is -0.840. The first-order valence-corrected chi connectivity index (χ1v) is 4.50. The number of rotatable bonds is 5. The number of ketones is 1. The molecule has 0 saturated heterocycles. The third kappa shape index (κ3) is 4.79. The van der Waals surface area contributed by atoms with Crippen molar-refractivity contribution in [1.29, 1.82) is 0 Å². The van der Waals surface area contributed by atoms with Crippen molar-refractivity contribution < 1.29 is 49.0 Å². The fourth-order valence-electron chi connectivity index (χ4n) is 1.14. The average molecular weight is 230 g/mol. The number of carbonyl (C=O) groups is 2. The third-order valence-corrected chi connectivity index (χ3v) is 1.97. The summed E-state index contributed by atoms with van der Waals surface area (Å²) in [5.41, 5.74) is 0.483. The van der Waals surface area contributed by atoms with Gasteiger partial charge in [0.1, 0.15) is 5.75 Å². The van der Waals surface area contributed by atoms with E-state index < -0.39 is 5.97 Å². The van der Waals surface area contributed by atoms with Crippen LogP contribution in [-0.2, 0) is 4.79 Å². The normalized spacial score (nSPS) is 9.06. The van der Waals surface area contributed by atoms with E-state index in [1.54, 1.807) is 24.3 Å². The predicted molar refractivity (Wildman–Crippen MR) is 51.6 cm³/mol. The second kappa shape index (κ2) is 7.44. The van der Waals surface area contributed by atoms with Crippen molar-refractivity contribution in [2.45, 2.75) is 12.8 Å². The second-order valence-electron chi connectivity index (χ2n) is 3.02. The van der Waals surface area contributed by atoms with Gasteiger partial charge in [-0.2, -0.15) is 0 Å². The largest absolute Gasteiger partial charge is 1.00 e. The molecule has 80 valence electrons. The summed E-state index contributed by atoms with van der Waals surface area (Å²) in [6.07, 6.45) is -0.278. The topological polar surface area (TPSA) is 66.4 Å². The standard InChI is InChI=1S/C11H12O4.Na/c1-15-9-4-2-8(3-5-9)10(12)6-7-11(13)14;/h2-5H,6-7H2,1H3,(H,13,14);/q;+1/p-1. The molecule has 0 aromatic heterocycles. The molecule has 0 heterocycles. The summed E-state index contributed by atoms with van der Waals surface area (Å²) in [4.78, 5) is 21.6. The van der Waals surface area contributed by atoms with Gasteiger partial charge in [-0.3, -0.25) is 4.79 Å². The number of benzene rings is 1. The van der Waals surface area contributed by atoms with Crippen LogP contribution in [0.25, 0.3) is 0 Å². The van der Waals surface area contributed by atoms with Crippen molar-refractivity contribution in [3.05, 3.63) is 29.8 Å². The van der Waals surface area contributed by atoms with Crippen molar-refractivity contribution in [3.63, 3.8) is 0 Å². The fourth-order valence-corrected chi connectivity index (χ4v) is 1.14. The molecule has 1 aromatic carbocycles. The molecule has 4 nitrogen and oxygen atoms in total.